The number of ether oxygens (including phenoxy) is 1. The number of nitrogens with zero attached hydrogens (tertiary/aromatic N) is 2. The zero-order valence-corrected chi connectivity index (χ0v) is 13.6. The van der Waals surface area contributed by atoms with Gasteiger partial charge in [0.15, 0.2) is 6.61 Å². The number of nitro benzene ring substituents is 1. The number of rotatable bonds is 7. The summed E-state index contributed by atoms with van der Waals surface area (Å²) < 4.78 is 5.47. The van der Waals surface area contributed by atoms with E-state index in [1.807, 2.05) is 18.2 Å². The molecule has 0 spiro atoms. The van der Waals surface area contributed by atoms with Gasteiger partial charge in [-0.1, -0.05) is 12.1 Å². The Labute approximate surface area is 140 Å². The van der Waals surface area contributed by atoms with Crippen LogP contribution in [0.1, 0.15) is 5.56 Å². The van der Waals surface area contributed by atoms with Crippen molar-refractivity contribution < 1.29 is 14.5 Å². The van der Waals surface area contributed by atoms with Gasteiger partial charge in [0.25, 0.3) is 11.6 Å². The van der Waals surface area contributed by atoms with Crippen LogP contribution in [0.5, 0.6) is 5.75 Å². The van der Waals surface area contributed by atoms with Gasteiger partial charge in [-0.25, -0.2) is 0 Å². The topological polar surface area (TPSA) is 84.7 Å². The van der Waals surface area contributed by atoms with Crippen LogP contribution >= 0.6 is 0 Å². The van der Waals surface area contributed by atoms with Gasteiger partial charge >= 0.3 is 0 Å². The van der Waals surface area contributed by atoms with Crippen molar-refractivity contribution in [3.05, 3.63) is 64.2 Å². The van der Waals surface area contributed by atoms with Crippen molar-refractivity contribution in [2.75, 3.05) is 26.0 Å². The molecule has 1 amide bonds. The fraction of sp³-hybridized carbons (Fsp3) is 0.235. The molecule has 126 valence electrons. The van der Waals surface area contributed by atoms with Crippen LogP contribution < -0.4 is 10.1 Å². The average Bonchev–Trinajstić information content (AvgIpc) is 2.58. The fourth-order valence-corrected chi connectivity index (χ4v) is 1.92. The number of carbonyl (C=O) groups excluding carboxylic acids is 1. The molecule has 0 saturated heterocycles. The number of hydrogen-bond donors (Lipinski definition) is 1. The summed E-state index contributed by atoms with van der Waals surface area (Å²) >= 11 is 0. The van der Waals surface area contributed by atoms with Gasteiger partial charge in [-0.15, -0.1) is 0 Å². The van der Waals surface area contributed by atoms with Gasteiger partial charge in [-0.3, -0.25) is 14.9 Å². The minimum atomic E-state index is -0.431. The van der Waals surface area contributed by atoms with Crippen LogP contribution in [-0.2, 0) is 11.3 Å². The van der Waals surface area contributed by atoms with E-state index >= 15 is 0 Å². The van der Waals surface area contributed by atoms with E-state index < -0.39 is 4.92 Å². The van der Waals surface area contributed by atoms with Crippen LogP contribution in [0.4, 0.5) is 11.4 Å². The molecule has 0 saturated carbocycles. The van der Waals surface area contributed by atoms with Crippen molar-refractivity contribution in [1.29, 1.82) is 0 Å². The molecule has 7 nitrogen and oxygen atoms in total. The van der Waals surface area contributed by atoms with E-state index in [0.717, 1.165) is 11.3 Å². The second-order valence-corrected chi connectivity index (χ2v) is 5.38. The van der Waals surface area contributed by atoms with Crippen LogP contribution in [0.15, 0.2) is 48.5 Å². The first-order valence-electron chi connectivity index (χ1n) is 7.36. The van der Waals surface area contributed by atoms with Crippen molar-refractivity contribution in [3.8, 4) is 5.75 Å². The number of nitro groups is 1. The monoisotopic (exact) mass is 329 g/mol. The van der Waals surface area contributed by atoms with E-state index in [2.05, 4.69) is 5.32 Å². The van der Waals surface area contributed by atoms with E-state index in [9.17, 15) is 14.9 Å². The lowest BCUT2D eigenvalue weighted by Gasteiger charge is -2.12. The molecule has 0 aromatic heterocycles. The molecular weight excluding hydrogens is 310 g/mol. The molecule has 2 rings (SSSR count). The Morgan fingerprint density at radius 1 is 1.21 bits per heavy atom. The number of likely N-dealkylation sites (N-methyl/N-ethyl adjacent to an activating group) is 1. The van der Waals surface area contributed by atoms with E-state index in [1.165, 1.54) is 17.0 Å². The highest BCUT2D eigenvalue weighted by Crippen LogP contribution is 2.18. The van der Waals surface area contributed by atoms with Gasteiger partial charge in [-0.05, 0) is 29.8 Å². The van der Waals surface area contributed by atoms with Crippen molar-refractivity contribution in [1.82, 2.24) is 4.90 Å². The quantitative estimate of drug-likeness (QED) is 0.623. The smallest absolute Gasteiger partial charge is 0.269 e. The molecule has 1 N–H and O–H groups in total. The minimum absolute atomic E-state index is 0.00770. The van der Waals surface area contributed by atoms with Crippen LogP contribution in [0.2, 0.25) is 0 Å². The van der Waals surface area contributed by atoms with Gasteiger partial charge in [-0.2, -0.15) is 0 Å². The van der Waals surface area contributed by atoms with Crippen LogP contribution in [0.3, 0.4) is 0 Å². The Morgan fingerprint density at radius 3 is 2.54 bits per heavy atom. The summed E-state index contributed by atoms with van der Waals surface area (Å²) in [5.41, 5.74) is 1.82. The van der Waals surface area contributed by atoms with Crippen LogP contribution in [0, 0.1) is 10.1 Å². The molecule has 0 fully saturated rings. The normalized spacial score (nSPS) is 10.1. The van der Waals surface area contributed by atoms with Gasteiger partial charge in [0.05, 0.1) is 4.92 Å². The first-order valence-corrected chi connectivity index (χ1v) is 7.36. The van der Waals surface area contributed by atoms with Crippen molar-refractivity contribution >= 4 is 17.3 Å². The number of non-ortho nitro benzene ring substituents is 1. The maximum absolute atomic E-state index is 11.5. The van der Waals surface area contributed by atoms with Gasteiger partial charge in [0.1, 0.15) is 5.75 Å². The molecule has 0 aliphatic carbocycles. The standard InChI is InChI=1S/C17H19N3O4/c1-19(2)17(21)12-24-16-5-3-4-13(10-16)11-18-14-6-8-15(9-7-14)20(22)23/h3-10,18H,11-12H2,1-2H3. The predicted molar refractivity (Wildman–Crippen MR) is 91.1 cm³/mol. The van der Waals surface area contributed by atoms with Crippen molar-refractivity contribution in [3.63, 3.8) is 0 Å². The summed E-state index contributed by atoms with van der Waals surface area (Å²) in [6, 6.07) is 13.6. The summed E-state index contributed by atoms with van der Waals surface area (Å²) in [7, 11) is 3.35. The number of benzene rings is 2. The van der Waals surface area contributed by atoms with Crippen LogP contribution in [0.25, 0.3) is 0 Å². The largest absolute Gasteiger partial charge is 0.484 e. The summed E-state index contributed by atoms with van der Waals surface area (Å²) in [5, 5.41) is 13.8. The SMILES string of the molecule is CN(C)C(=O)COc1cccc(CNc2ccc([N+](=O)[O-])cc2)c1. The fourth-order valence-electron chi connectivity index (χ4n) is 1.92. The second kappa shape index (κ2) is 7.96. The van der Waals surface area contributed by atoms with Crippen molar-refractivity contribution in [2.45, 2.75) is 6.54 Å². The predicted octanol–water partition coefficient (Wildman–Crippen LogP) is 2.67. The third-order valence-electron chi connectivity index (χ3n) is 3.33. The number of amides is 1. The molecule has 7 heteroatoms. The lowest BCUT2D eigenvalue weighted by atomic mass is 10.2. The summed E-state index contributed by atoms with van der Waals surface area (Å²) in [6.07, 6.45) is 0. The van der Waals surface area contributed by atoms with Gasteiger partial charge in [0, 0.05) is 38.5 Å². The summed E-state index contributed by atoms with van der Waals surface area (Å²) in [5.74, 6) is 0.512. The lowest BCUT2D eigenvalue weighted by Crippen LogP contribution is -2.27. The average molecular weight is 329 g/mol. The molecule has 0 radical (unpaired) electrons. The molecule has 0 atom stereocenters. The van der Waals surface area contributed by atoms with E-state index in [1.54, 1.807) is 32.3 Å². The maximum Gasteiger partial charge on any atom is 0.269 e. The highest BCUT2D eigenvalue weighted by atomic mass is 16.6. The molecule has 2 aromatic rings. The van der Waals surface area contributed by atoms with E-state index in [4.69, 9.17) is 4.74 Å². The van der Waals surface area contributed by atoms with Gasteiger partial charge in [0.2, 0.25) is 0 Å². The molecular formula is C17H19N3O4. The molecule has 0 bridgehead atoms. The zero-order valence-electron chi connectivity index (χ0n) is 13.6. The highest BCUT2D eigenvalue weighted by Gasteiger charge is 2.06. The summed E-state index contributed by atoms with van der Waals surface area (Å²) in [6.45, 7) is 0.531. The Bertz CT molecular complexity index is 714. The first kappa shape index (κ1) is 17.3. The number of hydrogen-bond acceptors (Lipinski definition) is 5. The lowest BCUT2D eigenvalue weighted by molar-refractivity contribution is -0.384. The highest BCUT2D eigenvalue weighted by molar-refractivity contribution is 5.77. The Morgan fingerprint density at radius 2 is 1.92 bits per heavy atom. The molecule has 0 aliphatic rings. The van der Waals surface area contributed by atoms with E-state index in [-0.39, 0.29) is 18.2 Å². The summed E-state index contributed by atoms with van der Waals surface area (Å²) in [4.78, 5) is 23.2. The third-order valence-corrected chi connectivity index (χ3v) is 3.33. The van der Waals surface area contributed by atoms with Gasteiger partial charge < -0.3 is 15.0 Å². The number of nitrogens with one attached hydrogen (secondary N) is 1. The third kappa shape index (κ3) is 4.98. The minimum Gasteiger partial charge on any atom is -0.484 e. The number of anilines is 1. The van der Waals surface area contributed by atoms with E-state index in [0.29, 0.717) is 12.3 Å². The second-order valence-electron chi connectivity index (χ2n) is 5.38. The molecule has 0 aliphatic heterocycles. The van der Waals surface area contributed by atoms with Crippen molar-refractivity contribution in [2.24, 2.45) is 0 Å². The Hall–Kier alpha value is -3.09. The first-order chi connectivity index (χ1) is 11.5. The maximum atomic E-state index is 11.5. The van der Waals surface area contributed by atoms with Crippen LogP contribution in [-0.4, -0.2) is 36.4 Å². The Kier molecular flexibility index (Phi) is 5.73. The molecule has 0 unspecified atom stereocenters. The molecule has 2 aromatic carbocycles. The molecule has 0 heterocycles. The zero-order chi connectivity index (χ0) is 17.5. The molecule has 24 heavy (non-hydrogen) atoms. The Balaban J connectivity index is 1.92. The number of carbonyl (C=O) groups is 1.